The summed E-state index contributed by atoms with van der Waals surface area (Å²) < 4.78 is 5.29. The maximum atomic E-state index is 5.29. The van der Waals surface area contributed by atoms with Crippen molar-refractivity contribution in [2.45, 2.75) is 94.4 Å². The maximum Gasteiger partial charge on any atom is 0.0468 e. The average molecular weight is 382 g/mol. The van der Waals surface area contributed by atoms with Crippen LogP contribution in [0.2, 0.25) is 0 Å². The first kappa shape index (κ1) is 25.0. The number of hydrogen-bond donors (Lipinski definition) is 0. The van der Waals surface area contributed by atoms with Gasteiger partial charge in [-0.15, -0.1) is 0 Å². The van der Waals surface area contributed by atoms with Gasteiger partial charge in [0.1, 0.15) is 0 Å². The van der Waals surface area contributed by atoms with Crippen molar-refractivity contribution in [3.8, 4) is 0 Å². The minimum atomic E-state index is 0.490. The standard InChI is InChI=1S/C9H18O.C8H17N.C8H16/c1-9(2,3)8-4-6-10-7-5-8;1-8(2,3)7-5-9(4)6-7;1-8(2,3)7-5-4-6-7/h8H,4-7H2,1-3H3;7H,5-6H2,1-4H3;7H,4-6H2,1-3H3. The molecule has 0 aromatic heterocycles. The first-order valence-electron chi connectivity index (χ1n) is 11.5. The Morgan fingerprint density at radius 3 is 1.11 bits per heavy atom. The first-order valence-corrected chi connectivity index (χ1v) is 11.5. The van der Waals surface area contributed by atoms with Crippen LogP contribution in [0.15, 0.2) is 0 Å². The summed E-state index contributed by atoms with van der Waals surface area (Å²) in [5.74, 6) is 2.84. The highest BCUT2D eigenvalue weighted by molar-refractivity contribution is 4.85. The zero-order valence-corrected chi connectivity index (χ0v) is 20.5. The average Bonchev–Trinajstić information content (AvgIpc) is 2.41. The predicted octanol–water partition coefficient (Wildman–Crippen LogP) is 6.89. The molecule has 2 heterocycles. The normalized spacial score (nSPS) is 23.3. The third-order valence-corrected chi connectivity index (χ3v) is 7.06. The van der Waals surface area contributed by atoms with Crippen molar-refractivity contribution in [2.75, 3.05) is 33.4 Å². The molecule has 162 valence electrons. The molecule has 2 saturated heterocycles. The van der Waals surface area contributed by atoms with E-state index in [9.17, 15) is 0 Å². The second kappa shape index (κ2) is 10.1. The molecule has 1 saturated carbocycles. The van der Waals surface area contributed by atoms with E-state index >= 15 is 0 Å². The van der Waals surface area contributed by atoms with Gasteiger partial charge >= 0.3 is 0 Å². The molecule has 3 rings (SSSR count). The van der Waals surface area contributed by atoms with Gasteiger partial charge in [0.2, 0.25) is 0 Å². The quantitative estimate of drug-likeness (QED) is 0.453. The summed E-state index contributed by atoms with van der Waals surface area (Å²) in [6, 6.07) is 0. The lowest BCUT2D eigenvalue weighted by molar-refractivity contribution is 0.0286. The van der Waals surface area contributed by atoms with Crippen molar-refractivity contribution in [1.29, 1.82) is 0 Å². The van der Waals surface area contributed by atoms with Gasteiger partial charge in [-0.25, -0.2) is 0 Å². The summed E-state index contributed by atoms with van der Waals surface area (Å²) >= 11 is 0. The highest BCUT2D eigenvalue weighted by Gasteiger charge is 2.33. The summed E-state index contributed by atoms with van der Waals surface area (Å²) in [4.78, 5) is 2.37. The molecule has 0 aromatic rings. The van der Waals surface area contributed by atoms with E-state index in [0.717, 1.165) is 31.0 Å². The van der Waals surface area contributed by atoms with Crippen LogP contribution in [0.25, 0.3) is 0 Å². The van der Waals surface area contributed by atoms with Crippen LogP contribution in [0.5, 0.6) is 0 Å². The smallest absolute Gasteiger partial charge is 0.0468 e. The van der Waals surface area contributed by atoms with Crippen molar-refractivity contribution in [3.05, 3.63) is 0 Å². The van der Waals surface area contributed by atoms with Gasteiger partial charge in [-0.1, -0.05) is 68.7 Å². The molecule has 3 aliphatic rings. The van der Waals surface area contributed by atoms with Crippen LogP contribution in [0.1, 0.15) is 94.4 Å². The maximum absolute atomic E-state index is 5.29. The van der Waals surface area contributed by atoms with E-state index in [2.05, 4.69) is 74.3 Å². The Labute approximate surface area is 171 Å². The fourth-order valence-electron chi connectivity index (χ4n) is 4.08. The van der Waals surface area contributed by atoms with Crippen LogP contribution in [0, 0.1) is 34.0 Å². The number of ether oxygens (including phenoxy) is 1. The fraction of sp³-hybridized carbons (Fsp3) is 1.00. The molecule has 27 heavy (non-hydrogen) atoms. The van der Waals surface area contributed by atoms with Crippen molar-refractivity contribution in [1.82, 2.24) is 4.90 Å². The Kier molecular flexibility index (Phi) is 9.34. The van der Waals surface area contributed by atoms with Crippen molar-refractivity contribution >= 4 is 0 Å². The van der Waals surface area contributed by atoms with Crippen molar-refractivity contribution in [2.24, 2.45) is 34.0 Å². The number of hydrogen-bond acceptors (Lipinski definition) is 2. The van der Waals surface area contributed by atoms with Gasteiger partial charge in [-0.2, -0.15) is 0 Å². The summed E-state index contributed by atoms with van der Waals surface area (Å²) in [7, 11) is 2.18. The molecule has 0 amide bonds. The highest BCUT2D eigenvalue weighted by Crippen LogP contribution is 2.40. The molecule has 1 aliphatic carbocycles. The van der Waals surface area contributed by atoms with Gasteiger partial charge in [0, 0.05) is 26.3 Å². The van der Waals surface area contributed by atoms with Crippen molar-refractivity contribution in [3.63, 3.8) is 0 Å². The van der Waals surface area contributed by atoms with Crippen LogP contribution in [-0.4, -0.2) is 38.3 Å². The van der Waals surface area contributed by atoms with Gasteiger partial charge in [-0.05, 0) is 66.7 Å². The Hall–Kier alpha value is -0.0800. The lowest BCUT2D eigenvalue weighted by Crippen LogP contribution is -2.49. The number of rotatable bonds is 0. The zero-order chi connectivity index (χ0) is 20.9. The molecule has 0 N–H and O–H groups in total. The SMILES string of the molecule is CC(C)(C)C1CCC1.CC(C)(C)C1CCOCC1.CN1CC(C(C)(C)C)C1. The van der Waals surface area contributed by atoms with Gasteiger partial charge < -0.3 is 9.64 Å². The van der Waals surface area contributed by atoms with Gasteiger partial charge in [0.25, 0.3) is 0 Å². The molecular formula is C25H51NO. The predicted molar refractivity (Wildman–Crippen MR) is 120 cm³/mol. The molecular weight excluding hydrogens is 330 g/mol. The third kappa shape index (κ3) is 9.31. The Morgan fingerprint density at radius 2 is 0.963 bits per heavy atom. The van der Waals surface area contributed by atoms with E-state index in [-0.39, 0.29) is 0 Å². The topological polar surface area (TPSA) is 12.5 Å². The Morgan fingerprint density at radius 1 is 0.593 bits per heavy atom. The minimum absolute atomic E-state index is 0.490. The van der Waals surface area contributed by atoms with Crippen molar-refractivity contribution < 1.29 is 4.74 Å². The second-order valence-electron chi connectivity index (χ2n) is 12.5. The van der Waals surface area contributed by atoms with E-state index in [1.807, 2.05) is 0 Å². The summed E-state index contributed by atoms with van der Waals surface area (Å²) in [6.45, 7) is 25.5. The fourth-order valence-corrected chi connectivity index (χ4v) is 4.08. The molecule has 0 aromatic carbocycles. The van der Waals surface area contributed by atoms with Crippen LogP contribution < -0.4 is 0 Å². The molecule has 0 bridgehead atoms. The number of likely N-dealkylation sites (tertiary alicyclic amines) is 1. The largest absolute Gasteiger partial charge is 0.381 e. The molecule has 0 atom stereocenters. The van der Waals surface area contributed by atoms with Gasteiger partial charge in [0.05, 0.1) is 0 Å². The van der Waals surface area contributed by atoms with E-state index in [4.69, 9.17) is 4.74 Å². The van der Waals surface area contributed by atoms with Gasteiger partial charge in [-0.3, -0.25) is 0 Å². The highest BCUT2D eigenvalue weighted by atomic mass is 16.5. The number of nitrogens with zero attached hydrogens (tertiary/aromatic N) is 1. The lowest BCUT2D eigenvalue weighted by atomic mass is 9.69. The first-order chi connectivity index (χ1) is 12.2. The Balaban J connectivity index is 0.000000204. The summed E-state index contributed by atoms with van der Waals surface area (Å²) in [5, 5.41) is 0. The minimum Gasteiger partial charge on any atom is -0.381 e. The van der Waals surface area contributed by atoms with Gasteiger partial charge in [0.15, 0.2) is 0 Å². The molecule has 3 fully saturated rings. The second-order valence-corrected chi connectivity index (χ2v) is 12.5. The molecule has 2 heteroatoms. The molecule has 2 nitrogen and oxygen atoms in total. The van der Waals surface area contributed by atoms with Crippen LogP contribution in [0.3, 0.4) is 0 Å². The lowest BCUT2D eigenvalue weighted by Gasteiger charge is -2.44. The summed E-state index contributed by atoms with van der Waals surface area (Å²) in [5.41, 5.74) is 1.62. The molecule has 0 radical (unpaired) electrons. The van der Waals surface area contributed by atoms with Crippen LogP contribution in [-0.2, 0) is 4.74 Å². The molecule has 0 spiro atoms. The third-order valence-electron chi connectivity index (χ3n) is 7.06. The van der Waals surface area contributed by atoms with Crippen LogP contribution in [0.4, 0.5) is 0 Å². The van der Waals surface area contributed by atoms with E-state index in [0.29, 0.717) is 16.2 Å². The summed E-state index contributed by atoms with van der Waals surface area (Å²) in [6.07, 6.45) is 6.93. The van der Waals surface area contributed by atoms with E-state index in [1.54, 1.807) is 0 Å². The zero-order valence-electron chi connectivity index (χ0n) is 20.5. The molecule has 2 aliphatic heterocycles. The van der Waals surface area contributed by atoms with Crippen LogP contribution >= 0.6 is 0 Å². The Bertz CT molecular complexity index is 394. The monoisotopic (exact) mass is 381 g/mol. The molecule has 0 unspecified atom stereocenters. The van der Waals surface area contributed by atoms with E-state index in [1.165, 1.54) is 45.2 Å². The van der Waals surface area contributed by atoms with E-state index < -0.39 is 0 Å².